The highest BCUT2D eigenvalue weighted by Crippen LogP contribution is 2.24. The van der Waals surface area contributed by atoms with Crippen LogP contribution >= 0.6 is 0 Å². The lowest BCUT2D eigenvalue weighted by atomic mass is 10.1. The van der Waals surface area contributed by atoms with Crippen molar-refractivity contribution >= 4 is 28.2 Å². The van der Waals surface area contributed by atoms with E-state index < -0.39 is 0 Å². The third-order valence-corrected chi connectivity index (χ3v) is 4.28. The number of anilines is 3. The first-order valence-corrected chi connectivity index (χ1v) is 8.51. The van der Waals surface area contributed by atoms with Gasteiger partial charge in [0.25, 0.3) is 0 Å². The number of pyridine rings is 1. The van der Waals surface area contributed by atoms with E-state index in [1.54, 1.807) is 12.5 Å². The van der Waals surface area contributed by atoms with E-state index in [2.05, 4.69) is 44.6 Å². The van der Waals surface area contributed by atoms with Crippen LogP contribution in [0.25, 0.3) is 10.9 Å². The van der Waals surface area contributed by atoms with Gasteiger partial charge in [-0.2, -0.15) is 0 Å². The van der Waals surface area contributed by atoms with Crippen LogP contribution in [0.5, 0.6) is 0 Å². The van der Waals surface area contributed by atoms with Gasteiger partial charge < -0.3 is 10.6 Å². The summed E-state index contributed by atoms with van der Waals surface area (Å²) in [5, 5.41) is 7.79. The van der Waals surface area contributed by atoms with Crippen molar-refractivity contribution in [3.05, 3.63) is 84.3 Å². The van der Waals surface area contributed by atoms with Crippen LogP contribution in [-0.4, -0.2) is 15.0 Å². The summed E-state index contributed by atoms with van der Waals surface area (Å²) in [7, 11) is 0. The molecule has 5 nitrogen and oxygen atoms in total. The summed E-state index contributed by atoms with van der Waals surface area (Å²) in [5.74, 6) is 1.50. The van der Waals surface area contributed by atoms with E-state index in [4.69, 9.17) is 0 Å². The molecular formula is C21H19N5. The number of rotatable bonds is 5. The maximum atomic E-state index is 4.46. The summed E-state index contributed by atoms with van der Waals surface area (Å²) < 4.78 is 0. The van der Waals surface area contributed by atoms with Crippen LogP contribution in [0.2, 0.25) is 0 Å². The van der Waals surface area contributed by atoms with Gasteiger partial charge in [-0.3, -0.25) is 4.98 Å². The summed E-state index contributed by atoms with van der Waals surface area (Å²) in [6.07, 6.45) is 3.35. The zero-order valence-corrected chi connectivity index (χ0v) is 14.5. The van der Waals surface area contributed by atoms with Crippen LogP contribution in [0.4, 0.5) is 17.3 Å². The van der Waals surface area contributed by atoms with Crippen molar-refractivity contribution in [2.75, 3.05) is 10.6 Å². The van der Waals surface area contributed by atoms with E-state index >= 15 is 0 Å². The van der Waals surface area contributed by atoms with Gasteiger partial charge in [0.2, 0.25) is 0 Å². The van der Waals surface area contributed by atoms with E-state index in [1.807, 2.05) is 48.5 Å². The topological polar surface area (TPSA) is 62.7 Å². The first-order valence-electron chi connectivity index (χ1n) is 8.51. The van der Waals surface area contributed by atoms with Crippen molar-refractivity contribution in [1.82, 2.24) is 15.0 Å². The van der Waals surface area contributed by atoms with Crippen LogP contribution in [-0.2, 0) is 6.54 Å². The fraction of sp³-hybridized carbons (Fsp3) is 0.0952. The average molecular weight is 341 g/mol. The van der Waals surface area contributed by atoms with E-state index in [-0.39, 0.29) is 0 Å². The molecule has 2 aromatic carbocycles. The SMILES string of the molecule is Cc1ccccc1CNc1cc(Nc2cccc3cccnc23)ncn1. The molecule has 0 atom stereocenters. The highest BCUT2D eigenvalue weighted by atomic mass is 15.1. The van der Waals surface area contributed by atoms with Gasteiger partial charge in [-0.25, -0.2) is 9.97 Å². The van der Waals surface area contributed by atoms with Gasteiger partial charge in [-0.15, -0.1) is 0 Å². The summed E-state index contributed by atoms with van der Waals surface area (Å²) in [4.78, 5) is 13.1. The van der Waals surface area contributed by atoms with Gasteiger partial charge in [0.15, 0.2) is 0 Å². The van der Waals surface area contributed by atoms with Gasteiger partial charge in [-0.05, 0) is 30.2 Å². The molecule has 0 spiro atoms. The Bertz CT molecular complexity index is 1040. The minimum absolute atomic E-state index is 0.721. The molecule has 4 rings (SSSR count). The number of benzene rings is 2. The van der Waals surface area contributed by atoms with Crippen LogP contribution in [0, 0.1) is 6.92 Å². The summed E-state index contributed by atoms with van der Waals surface area (Å²) in [6.45, 7) is 2.83. The predicted molar refractivity (Wildman–Crippen MR) is 106 cm³/mol. The molecule has 0 aliphatic rings. The van der Waals surface area contributed by atoms with Crippen molar-refractivity contribution < 1.29 is 0 Å². The van der Waals surface area contributed by atoms with E-state index in [1.165, 1.54) is 11.1 Å². The molecule has 0 bridgehead atoms. The Hall–Kier alpha value is -3.47. The number of fused-ring (bicyclic) bond motifs is 1. The van der Waals surface area contributed by atoms with Crippen molar-refractivity contribution in [3.8, 4) is 0 Å². The molecule has 0 fully saturated rings. The maximum absolute atomic E-state index is 4.46. The molecule has 26 heavy (non-hydrogen) atoms. The molecule has 0 amide bonds. The molecule has 5 heteroatoms. The quantitative estimate of drug-likeness (QED) is 0.551. The van der Waals surface area contributed by atoms with Crippen molar-refractivity contribution in [1.29, 1.82) is 0 Å². The Balaban J connectivity index is 1.53. The molecule has 0 aliphatic carbocycles. The Morgan fingerprint density at radius 1 is 0.846 bits per heavy atom. The fourth-order valence-electron chi connectivity index (χ4n) is 2.86. The number of hydrogen-bond donors (Lipinski definition) is 2. The minimum Gasteiger partial charge on any atom is -0.366 e. The molecule has 0 aliphatic heterocycles. The molecule has 128 valence electrons. The zero-order chi connectivity index (χ0) is 17.8. The minimum atomic E-state index is 0.721. The lowest BCUT2D eigenvalue weighted by molar-refractivity contribution is 1.07. The van der Waals surface area contributed by atoms with Crippen molar-refractivity contribution in [2.24, 2.45) is 0 Å². The molecule has 2 N–H and O–H groups in total. The normalized spacial score (nSPS) is 10.7. The van der Waals surface area contributed by atoms with Crippen LogP contribution in [0.3, 0.4) is 0 Å². The lowest BCUT2D eigenvalue weighted by Gasteiger charge is -2.11. The van der Waals surface area contributed by atoms with E-state index in [0.29, 0.717) is 0 Å². The number of aromatic nitrogens is 3. The number of aryl methyl sites for hydroxylation is 1. The molecule has 0 radical (unpaired) electrons. The molecule has 2 aromatic heterocycles. The first kappa shape index (κ1) is 16.0. The van der Waals surface area contributed by atoms with E-state index in [9.17, 15) is 0 Å². The second-order valence-corrected chi connectivity index (χ2v) is 6.07. The lowest BCUT2D eigenvalue weighted by Crippen LogP contribution is -2.04. The predicted octanol–water partition coefficient (Wildman–Crippen LogP) is 4.69. The molecule has 4 aromatic rings. The van der Waals surface area contributed by atoms with Crippen molar-refractivity contribution in [3.63, 3.8) is 0 Å². The van der Waals surface area contributed by atoms with Gasteiger partial charge in [0.05, 0.1) is 11.2 Å². The average Bonchev–Trinajstić information content (AvgIpc) is 2.68. The van der Waals surface area contributed by atoms with Gasteiger partial charge >= 0.3 is 0 Å². The first-order chi connectivity index (χ1) is 12.8. The number of nitrogens with zero attached hydrogens (tertiary/aromatic N) is 3. The second-order valence-electron chi connectivity index (χ2n) is 6.07. The second kappa shape index (κ2) is 7.19. The largest absolute Gasteiger partial charge is 0.366 e. The highest BCUT2D eigenvalue weighted by Gasteiger charge is 2.05. The fourth-order valence-corrected chi connectivity index (χ4v) is 2.86. The third-order valence-electron chi connectivity index (χ3n) is 4.28. The standard InChI is InChI=1S/C21H19N5/c1-15-6-2-3-7-17(15)13-23-19-12-20(25-14-24-19)26-18-10-4-8-16-9-5-11-22-21(16)18/h2-12,14H,13H2,1H3,(H2,23,24,25,26). The monoisotopic (exact) mass is 341 g/mol. The molecule has 0 saturated carbocycles. The van der Waals surface area contributed by atoms with Crippen LogP contribution in [0.1, 0.15) is 11.1 Å². The third kappa shape index (κ3) is 3.47. The Morgan fingerprint density at radius 2 is 1.69 bits per heavy atom. The highest BCUT2D eigenvalue weighted by molar-refractivity contribution is 5.91. The Labute approximate surface area is 152 Å². The number of para-hydroxylation sites is 1. The molecule has 2 heterocycles. The van der Waals surface area contributed by atoms with E-state index in [0.717, 1.165) is 34.8 Å². The summed E-state index contributed by atoms with van der Waals surface area (Å²) >= 11 is 0. The molecule has 0 saturated heterocycles. The van der Waals surface area contributed by atoms with Gasteiger partial charge in [-0.1, -0.05) is 42.5 Å². The molecular weight excluding hydrogens is 322 g/mol. The van der Waals surface area contributed by atoms with Gasteiger partial charge in [0.1, 0.15) is 18.0 Å². The van der Waals surface area contributed by atoms with Crippen LogP contribution < -0.4 is 10.6 Å². The zero-order valence-electron chi connectivity index (χ0n) is 14.5. The van der Waals surface area contributed by atoms with Crippen LogP contribution in [0.15, 0.2) is 73.2 Å². The molecule has 0 unspecified atom stereocenters. The van der Waals surface area contributed by atoms with Crippen molar-refractivity contribution in [2.45, 2.75) is 13.5 Å². The number of nitrogens with one attached hydrogen (secondary N) is 2. The Kier molecular flexibility index (Phi) is 4.43. The maximum Gasteiger partial charge on any atom is 0.135 e. The summed E-state index contributed by atoms with van der Waals surface area (Å²) in [5.41, 5.74) is 4.35. The number of hydrogen-bond acceptors (Lipinski definition) is 5. The van der Waals surface area contributed by atoms with Gasteiger partial charge in [0, 0.05) is 24.2 Å². The smallest absolute Gasteiger partial charge is 0.135 e. The summed E-state index contributed by atoms with van der Waals surface area (Å²) in [6, 6.07) is 20.2. The Morgan fingerprint density at radius 3 is 2.62 bits per heavy atom.